The largest absolute Gasteiger partial charge is 0.282 e. The fourth-order valence-corrected chi connectivity index (χ4v) is 3.93. The number of sulfonamides is 1. The maximum Gasteiger partial charge on any atom is 0.211 e. The second kappa shape index (κ2) is 4.68. The van der Waals surface area contributed by atoms with Crippen molar-refractivity contribution in [1.82, 2.24) is 29.7 Å². The normalized spacial score (nSPS) is 20.1. The number of nitrogens with one attached hydrogen (secondary N) is 1. The van der Waals surface area contributed by atoms with Crippen molar-refractivity contribution in [2.45, 2.75) is 12.3 Å². The van der Waals surface area contributed by atoms with Gasteiger partial charge in [-0.3, -0.25) is 5.10 Å². The van der Waals surface area contributed by atoms with Gasteiger partial charge in [0.2, 0.25) is 10.0 Å². The van der Waals surface area contributed by atoms with Crippen molar-refractivity contribution >= 4 is 32.0 Å². The van der Waals surface area contributed by atoms with Gasteiger partial charge in [0.15, 0.2) is 5.65 Å². The standard InChI is InChI=1S/C13H14N6O2S/c1-22(20,21)19-5-3-8(7-19)12-11-9-2-4-14-13(9)18-16-10(11)6-15-17-12/h2,4,6,8,17H,3,5,7H2,1H3. The molecule has 0 spiro atoms. The van der Waals surface area contributed by atoms with Gasteiger partial charge in [-0.2, -0.15) is 5.10 Å². The molecule has 0 amide bonds. The van der Waals surface area contributed by atoms with E-state index in [1.165, 1.54) is 10.6 Å². The van der Waals surface area contributed by atoms with Crippen LogP contribution in [0.5, 0.6) is 0 Å². The van der Waals surface area contributed by atoms with Crippen LogP contribution in [-0.4, -0.2) is 57.4 Å². The van der Waals surface area contributed by atoms with E-state index in [9.17, 15) is 8.42 Å². The summed E-state index contributed by atoms with van der Waals surface area (Å²) < 4.78 is 24.9. The molecule has 22 heavy (non-hydrogen) atoms. The van der Waals surface area contributed by atoms with Crippen LogP contribution in [0.2, 0.25) is 0 Å². The van der Waals surface area contributed by atoms with Crippen LogP contribution in [0.25, 0.3) is 21.9 Å². The van der Waals surface area contributed by atoms with Crippen LogP contribution in [0.1, 0.15) is 18.0 Å². The number of H-pyrrole nitrogens is 1. The molecule has 1 aliphatic rings. The first-order valence-electron chi connectivity index (χ1n) is 6.93. The summed E-state index contributed by atoms with van der Waals surface area (Å²) in [5.74, 6) is 0.0632. The van der Waals surface area contributed by atoms with Crippen LogP contribution in [0.15, 0.2) is 18.5 Å². The summed E-state index contributed by atoms with van der Waals surface area (Å²) in [6, 6.07) is 1.90. The average molecular weight is 318 g/mol. The minimum absolute atomic E-state index is 0.0632. The molecule has 4 rings (SSSR count). The van der Waals surface area contributed by atoms with Gasteiger partial charge in [0.25, 0.3) is 0 Å². The van der Waals surface area contributed by atoms with E-state index in [0.29, 0.717) is 24.3 Å². The third kappa shape index (κ3) is 2.04. The Balaban J connectivity index is 1.87. The summed E-state index contributed by atoms with van der Waals surface area (Å²) in [5, 5.41) is 17.2. The Morgan fingerprint density at radius 1 is 1.36 bits per heavy atom. The van der Waals surface area contributed by atoms with E-state index < -0.39 is 10.0 Å². The van der Waals surface area contributed by atoms with Crippen molar-refractivity contribution in [3.8, 4) is 0 Å². The van der Waals surface area contributed by atoms with Gasteiger partial charge in [-0.25, -0.2) is 17.7 Å². The number of aromatic nitrogens is 5. The third-order valence-corrected chi connectivity index (χ3v) is 5.40. The summed E-state index contributed by atoms with van der Waals surface area (Å²) in [6.07, 6.45) is 5.32. The first-order chi connectivity index (χ1) is 10.5. The molecule has 1 fully saturated rings. The zero-order valence-electron chi connectivity index (χ0n) is 11.9. The number of hydrogen-bond donors (Lipinski definition) is 1. The minimum atomic E-state index is -3.17. The topological polar surface area (TPSA) is 105 Å². The Kier molecular flexibility index (Phi) is 2.88. The highest BCUT2D eigenvalue weighted by Crippen LogP contribution is 2.33. The van der Waals surface area contributed by atoms with E-state index in [1.807, 2.05) is 6.07 Å². The molecule has 3 aromatic rings. The number of nitrogens with zero attached hydrogens (tertiary/aromatic N) is 5. The zero-order chi connectivity index (χ0) is 15.3. The molecule has 0 saturated carbocycles. The van der Waals surface area contributed by atoms with Crippen molar-refractivity contribution in [1.29, 1.82) is 0 Å². The lowest BCUT2D eigenvalue weighted by Crippen LogP contribution is -2.27. The highest BCUT2D eigenvalue weighted by Gasteiger charge is 2.31. The zero-order valence-corrected chi connectivity index (χ0v) is 12.7. The Hall–Kier alpha value is -2.13. The van der Waals surface area contributed by atoms with Crippen molar-refractivity contribution < 1.29 is 8.42 Å². The Morgan fingerprint density at radius 3 is 3.00 bits per heavy atom. The molecule has 1 N–H and O–H groups in total. The third-order valence-electron chi connectivity index (χ3n) is 4.13. The Morgan fingerprint density at radius 2 is 2.23 bits per heavy atom. The predicted octanol–water partition coefficient (Wildman–Crippen LogP) is 0.650. The van der Waals surface area contributed by atoms with Gasteiger partial charge in [-0.1, -0.05) is 0 Å². The number of fused-ring (bicyclic) bond motifs is 3. The molecule has 8 nitrogen and oxygen atoms in total. The number of aromatic amines is 1. The first kappa shape index (κ1) is 13.5. The molecule has 0 radical (unpaired) electrons. The molecule has 9 heteroatoms. The van der Waals surface area contributed by atoms with Crippen LogP contribution in [0, 0.1) is 0 Å². The SMILES string of the molecule is CS(=O)(=O)N1CCC(c2[nH]ncc3nnc4nccc4c23)C1. The van der Waals surface area contributed by atoms with Crippen molar-refractivity contribution in [3.05, 3.63) is 24.2 Å². The van der Waals surface area contributed by atoms with Crippen LogP contribution in [-0.2, 0) is 10.0 Å². The first-order valence-corrected chi connectivity index (χ1v) is 8.78. The maximum atomic E-state index is 11.7. The van der Waals surface area contributed by atoms with Crippen molar-refractivity contribution in [2.75, 3.05) is 19.3 Å². The van der Waals surface area contributed by atoms with E-state index in [2.05, 4.69) is 25.4 Å². The van der Waals surface area contributed by atoms with E-state index in [0.717, 1.165) is 22.9 Å². The fourth-order valence-electron chi connectivity index (χ4n) is 3.04. The van der Waals surface area contributed by atoms with Crippen molar-refractivity contribution in [3.63, 3.8) is 0 Å². The van der Waals surface area contributed by atoms with Gasteiger partial charge in [0, 0.05) is 41.7 Å². The number of hydrogen-bond acceptors (Lipinski definition) is 6. The molecule has 0 aliphatic carbocycles. The molecule has 0 bridgehead atoms. The summed E-state index contributed by atoms with van der Waals surface area (Å²) in [6.45, 7) is 0.975. The van der Waals surface area contributed by atoms with Gasteiger partial charge >= 0.3 is 0 Å². The smallest absolute Gasteiger partial charge is 0.211 e. The van der Waals surface area contributed by atoms with Gasteiger partial charge in [0.05, 0.1) is 12.5 Å². The van der Waals surface area contributed by atoms with Crippen LogP contribution in [0.3, 0.4) is 0 Å². The second-order valence-corrected chi connectivity index (χ2v) is 7.52. The summed E-state index contributed by atoms with van der Waals surface area (Å²) in [5.41, 5.74) is 2.18. The van der Waals surface area contributed by atoms with Gasteiger partial charge in [-0.05, 0) is 12.5 Å². The molecule has 1 atom stereocenters. The number of rotatable bonds is 2. The molecule has 114 valence electrons. The van der Waals surface area contributed by atoms with E-state index in [1.54, 1.807) is 12.4 Å². The molecular weight excluding hydrogens is 304 g/mol. The van der Waals surface area contributed by atoms with Gasteiger partial charge in [0.1, 0.15) is 5.52 Å². The van der Waals surface area contributed by atoms with Crippen molar-refractivity contribution in [2.24, 2.45) is 0 Å². The maximum absolute atomic E-state index is 11.7. The Labute approximate surface area is 126 Å². The van der Waals surface area contributed by atoms with E-state index in [4.69, 9.17) is 0 Å². The molecule has 1 saturated heterocycles. The Bertz CT molecular complexity index is 967. The minimum Gasteiger partial charge on any atom is -0.282 e. The summed E-state index contributed by atoms with van der Waals surface area (Å²) >= 11 is 0. The predicted molar refractivity (Wildman–Crippen MR) is 80.8 cm³/mol. The second-order valence-electron chi connectivity index (χ2n) is 5.53. The molecule has 1 unspecified atom stereocenters. The van der Waals surface area contributed by atoms with Crippen LogP contribution >= 0.6 is 0 Å². The molecule has 3 aromatic heterocycles. The van der Waals surface area contributed by atoms with E-state index in [-0.39, 0.29) is 5.92 Å². The van der Waals surface area contributed by atoms with Crippen LogP contribution < -0.4 is 0 Å². The van der Waals surface area contributed by atoms with Crippen LogP contribution in [0.4, 0.5) is 0 Å². The fraction of sp³-hybridized carbons (Fsp3) is 0.385. The van der Waals surface area contributed by atoms with Gasteiger partial charge in [-0.15, -0.1) is 10.2 Å². The summed E-state index contributed by atoms with van der Waals surface area (Å²) in [4.78, 5) is 4.18. The molecule has 0 aromatic carbocycles. The lowest BCUT2D eigenvalue weighted by Gasteiger charge is -2.14. The molecule has 1 aliphatic heterocycles. The highest BCUT2D eigenvalue weighted by molar-refractivity contribution is 7.88. The quantitative estimate of drug-likeness (QED) is 0.744. The highest BCUT2D eigenvalue weighted by atomic mass is 32.2. The lowest BCUT2D eigenvalue weighted by molar-refractivity contribution is 0.477. The summed E-state index contributed by atoms with van der Waals surface area (Å²) in [7, 11) is -3.17. The molecule has 4 heterocycles. The average Bonchev–Trinajstić information content (AvgIpc) is 3.15. The lowest BCUT2D eigenvalue weighted by atomic mass is 10.00. The molecular formula is C13H14N6O2S. The van der Waals surface area contributed by atoms with E-state index >= 15 is 0 Å². The van der Waals surface area contributed by atoms with Gasteiger partial charge < -0.3 is 0 Å². The monoisotopic (exact) mass is 318 g/mol.